The average Bonchev–Trinajstić information content (AvgIpc) is 2.35. The molecule has 0 bridgehead atoms. The molecule has 1 aromatic rings. The van der Waals surface area contributed by atoms with Gasteiger partial charge in [-0.3, -0.25) is 0 Å². The number of hydrogen-bond donors (Lipinski definition) is 4. The highest BCUT2D eigenvalue weighted by Crippen LogP contribution is 2.28. The van der Waals surface area contributed by atoms with Gasteiger partial charge in [0.15, 0.2) is 0 Å². The number of rotatable bonds is 5. The normalized spacial score (nSPS) is 11.8. The molecule has 0 spiro atoms. The van der Waals surface area contributed by atoms with Gasteiger partial charge >= 0.3 is 12.0 Å². The van der Waals surface area contributed by atoms with Gasteiger partial charge in [0.2, 0.25) is 0 Å². The monoisotopic (exact) mass is 320 g/mol. The zero-order valence-corrected chi connectivity index (χ0v) is 12.1. The van der Waals surface area contributed by atoms with E-state index in [-0.39, 0.29) is 23.7 Å². The SMILES string of the molecule is Cc1cc(Cl)c(NC(=O)N[C@@H](CCO)C(=O)O)cc1Cl. The van der Waals surface area contributed by atoms with Crippen LogP contribution in [-0.4, -0.2) is 34.9 Å². The van der Waals surface area contributed by atoms with E-state index >= 15 is 0 Å². The van der Waals surface area contributed by atoms with Crippen LogP contribution >= 0.6 is 23.2 Å². The number of aliphatic carboxylic acids is 1. The summed E-state index contributed by atoms with van der Waals surface area (Å²) in [6.45, 7) is 1.41. The van der Waals surface area contributed by atoms with Crippen molar-refractivity contribution in [2.45, 2.75) is 19.4 Å². The van der Waals surface area contributed by atoms with Crippen molar-refractivity contribution in [3.05, 3.63) is 27.7 Å². The first-order chi connectivity index (χ1) is 9.35. The van der Waals surface area contributed by atoms with Gasteiger partial charge in [-0.15, -0.1) is 0 Å². The molecule has 0 unspecified atom stereocenters. The molecule has 0 radical (unpaired) electrons. The van der Waals surface area contributed by atoms with E-state index in [1.54, 1.807) is 13.0 Å². The Morgan fingerprint density at radius 3 is 2.50 bits per heavy atom. The molecule has 0 aliphatic rings. The van der Waals surface area contributed by atoms with E-state index in [0.29, 0.717) is 5.02 Å². The van der Waals surface area contributed by atoms with E-state index in [9.17, 15) is 9.59 Å². The van der Waals surface area contributed by atoms with Crippen LogP contribution in [0.3, 0.4) is 0 Å². The van der Waals surface area contributed by atoms with Crippen LogP contribution in [0.1, 0.15) is 12.0 Å². The van der Waals surface area contributed by atoms with Crippen molar-refractivity contribution in [3.63, 3.8) is 0 Å². The quantitative estimate of drug-likeness (QED) is 0.668. The summed E-state index contributed by atoms with van der Waals surface area (Å²) >= 11 is 11.9. The standard InChI is InChI=1S/C12H14Cl2N2O4/c1-6-4-8(14)10(5-7(6)13)16-12(20)15-9(2-3-17)11(18)19/h4-5,9,17H,2-3H2,1H3,(H,18,19)(H2,15,16,20)/t9-/m0/s1. The van der Waals surface area contributed by atoms with Gasteiger partial charge in [0.1, 0.15) is 6.04 Å². The zero-order chi connectivity index (χ0) is 15.3. The highest BCUT2D eigenvalue weighted by molar-refractivity contribution is 6.36. The second-order valence-corrected chi connectivity index (χ2v) is 4.90. The number of aliphatic hydroxyl groups excluding tert-OH is 1. The molecule has 6 nitrogen and oxygen atoms in total. The number of benzene rings is 1. The highest BCUT2D eigenvalue weighted by Gasteiger charge is 2.19. The number of halogens is 2. The number of carboxylic acid groups (broad SMARTS) is 1. The van der Waals surface area contributed by atoms with E-state index in [1.165, 1.54) is 6.07 Å². The molecular weight excluding hydrogens is 307 g/mol. The number of carbonyl (C=O) groups excluding carboxylic acids is 1. The Kier molecular flexibility index (Phi) is 6.06. The van der Waals surface area contributed by atoms with E-state index < -0.39 is 18.0 Å². The zero-order valence-electron chi connectivity index (χ0n) is 10.6. The van der Waals surface area contributed by atoms with Crippen molar-refractivity contribution in [3.8, 4) is 0 Å². The third-order valence-electron chi connectivity index (χ3n) is 2.52. The summed E-state index contributed by atoms with van der Waals surface area (Å²) in [7, 11) is 0. The van der Waals surface area contributed by atoms with E-state index in [1.807, 2.05) is 0 Å². The lowest BCUT2D eigenvalue weighted by molar-refractivity contribution is -0.139. The minimum atomic E-state index is -1.23. The van der Waals surface area contributed by atoms with Gasteiger partial charge in [0, 0.05) is 18.1 Å². The van der Waals surface area contributed by atoms with E-state index in [2.05, 4.69) is 10.6 Å². The molecule has 0 aromatic heterocycles. The maximum absolute atomic E-state index is 11.7. The molecule has 0 heterocycles. The van der Waals surface area contributed by atoms with Gasteiger partial charge in [-0.1, -0.05) is 23.2 Å². The molecule has 2 amide bonds. The molecule has 4 N–H and O–H groups in total. The summed E-state index contributed by atoms with van der Waals surface area (Å²) in [5, 5.41) is 22.9. The number of carboxylic acids is 1. The van der Waals surface area contributed by atoms with Crippen molar-refractivity contribution in [2.75, 3.05) is 11.9 Å². The van der Waals surface area contributed by atoms with Gasteiger partial charge in [-0.2, -0.15) is 0 Å². The molecule has 0 aliphatic heterocycles. The maximum atomic E-state index is 11.7. The average molecular weight is 321 g/mol. The minimum absolute atomic E-state index is 0.0921. The van der Waals surface area contributed by atoms with Crippen LogP contribution in [0.25, 0.3) is 0 Å². The predicted octanol–water partition coefficient (Wildman–Crippen LogP) is 2.26. The van der Waals surface area contributed by atoms with Crippen LogP contribution in [-0.2, 0) is 4.79 Å². The number of nitrogens with one attached hydrogen (secondary N) is 2. The van der Waals surface area contributed by atoms with Crippen LogP contribution < -0.4 is 10.6 Å². The highest BCUT2D eigenvalue weighted by atomic mass is 35.5. The van der Waals surface area contributed by atoms with Gasteiger partial charge in [0.05, 0.1) is 10.7 Å². The molecule has 0 saturated carbocycles. The summed E-state index contributed by atoms with van der Waals surface area (Å²) in [6.07, 6.45) is -0.0921. The Balaban J connectivity index is 2.75. The van der Waals surface area contributed by atoms with Crippen molar-refractivity contribution in [1.29, 1.82) is 0 Å². The third kappa shape index (κ3) is 4.56. The fourth-order valence-electron chi connectivity index (χ4n) is 1.45. The molecule has 110 valence electrons. The Labute approximate surface area is 125 Å². The van der Waals surface area contributed by atoms with Gasteiger partial charge in [-0.05, 0) is 24.6 Å². The molecule has 20 heavy (non-hydrogen) atoms. The van der Waals surface area contributed by atoms with E-state index in [0.717, 1.165) is 5.56 Å². The predicted molar refractivity (Wildman–Crippen MR) is 76.5 cm³/mol. The molecule has 0 aliphatic carbocycles. The Morgan fingerprint density at radius 2 is 1.95 bits per heavy atom. The molecular formula is C12H14Cl2N2O4. The molecule has 1 atom stereocenters. The molecule has 1 rings (SSSR count). The number of hydrogen-bond acceptors (Lipinski definition) is 3. The fraction of sp³-hybridized carbons (Fsp3) is 0.333. The minimum Gasteiger partial charge on any atom is -0.480 e. The Morgan fingerprint density at radius 1 is 1.30 bits per heavy atom. The lowest BCUT2D eigenvalue weighted by Gasteiger charge is -2.15. The summed E-state index contributed by atoms with van der Waals surface area (Å²) in [4.78, 5) is 22.5. The lowest BCUT2D eigenvalue weighted by atomic mass is 10.2. The summed E-state index contributed by atoms with van der Waals surface area (Å²) < 4.78 is 0. The lowest BCUT2D eigenvalue weighted by Crippen LogP contribution is -2.43. The molecule has 0 fully saturated rings. The van der Waals surface area contributed by atoms with Gasteiger partial charge in [0.25, 0.3) is 0 Å². The number of aryl methyl sites for hydroxylation is 1. The second kappa shape index (κ2) is 7.33. The first-order valence-corrected chi connectivity index (χ1v) is 6.47. The van der Waals surface area contributed by atoms with Crippen LogP contribution in [0.4, 0.5) is 10.5 Å². The van der Waals surface area contributed by atoms with Crippen LogP contribution in [0.5, 0.6) is 0 Å². The van der Waals surface area contributed by atoms with Crippen molar-refractivity contribution in [1.82, 2.24) is 5.32 Å². The number of amides is 2. The van der Waals surface area contributed by atoms with Crippen molar-refractivity contribution >= 4 is 40.9 Å². The number of aliphatic hydroxyl groups is 1. The van der Waals surface area contributed by atoms with Crippen molar-refractivity contribution < 1.29 is 19.8 Å². The van der Waals surface area contributed by atoms with Gasteiger partial charge < -0.3 is 20.8 Å². The molecule has 0 saturated heterocycles. The first kappa shape index (κ1) is 16.6. The largest absolute Gasteiger partial charge is 0.480 e. The Bertz CT molecular complexity index is 522. The smallest absolute Gasteiger partial charge is 0.326 e. The summed E-state index contributed by atoms with van der Waals surface area (Å²) in [6, 6.07) is 1.13. The first-order valence-electron chi connectivity index (χ1n) is 5.72. The maximum Gasteiger partial charge on any atom is 0.326 e. The van der Waals surface area contributed by atoms with Crippen LogP contribution in [0, 0.1) is 6.92 Å². The van der Waals surface area contributed by atoms with Crippen molar-refractivity contribution in [2.24, 2.45) is 0 Å². The van der Waals surface area contributed by atoms with Gasteiger partial charge in [-0.25, -0.2) is 9.59 Å². The fourth-order valence-corrected chi connectivity index (χ4v) is 1.87. The molecule has 1 aromatic carbocycles. The molecule has 8 heteroatoms. The third-order valence-corrected chi connectivity index (χ3v) is 3.24. The number of urea groups is 1. The summed E-state index contributed by atoms with van der Waals surface area (Å²) in [5.74, 6) is -1.23. The number of anilines is 1. The van der Waals surface area contributed by atoms with Crippen LogP contribution in [0.15, 0.2) is 12.1 Å². The van der Waals surface area contributed by atoms with E-state index in [4.69, 9.17) is 33.4 Å². The van der Waals surface area contributed by atoms with Crippen LogP contribution in [0.2, 0.25) is 10.0 Å². The second-order valence-electron chi connectivity index (χ2n) is 4.08. The number of carbonyl (C=O) groups is 2. The summed E-state index contributed by atoms with van der Waals surface area (Å²) in [5.41, 5.74) is 1.03. The Hall–Kier alpha value is -1.50. The topological polar surface area (TPSA) is 98.7 Å².